The molecule has 0 N–H and O–H groups in total. The fourth-order valence-corrected chi connectivity index (χ4v) is 4.17. The van der Waals surface area contributed by atoms with Crippen LogP contribution in [0.1, 0.15) is 29.8 Å². The molecule has 0 bridgehead atoms. The summed E-state index contributed by atoms with van der Waals surface area (Å²) in [5.74, 6) is -1.61. The molecule has 0 aliphatic carbocycles. The molecule has 33 heavy (non-hydrogen) atoms. The van der Waals surface area contributed by atoms with E-state index >= 15 is 0 Å². The first-order valence-electron chi connectivity index (χ1n) is 10.4. The largest absolute Gasteiger partial charge is 0.492 e. The third kappa shape index (κ3) is 5.60. The molecule has 2 aromatic rings. The maximum Gasteiger partial charge on any atom is 0.257 e. The summed E-state index contributed by atoms with van der Waals surface area (Å²) in [5.41, 5.74) is -0.217. The van der Waals surface area contributed by atoms with E-state index in [1.165, 1.54) is 28.0 Å². The van der Waals surface area contributed by atoms with Crippen molar-refractivity contribution >= 4 is 21.4 Å². The van der Waals surface area contributed by atoms with Crippen LogP contribution in [0.2, 0.25) is 0 Å². The highest BCUT2D eigenvalue weighted by atomic mass is 32.2. The van der Waals surface area contributed by atoms with Crippen molar-refractivity contribution in [3.05, 3.63) is 53.1 Å². The van der Waals surface area contributed by atoms with E-state index in [1.54, 1.807) is 6.07 Å². The molecule has 1 amide bonds. The Hall–Kier alpha value is -3.19. The van der Waals surface area contributed by atoms with Gasteiger partial charge in [-0.15, -0.1) is 0 Å². The second-order valence-corrected chi connectivity index (χ2v) is 10.3. The van der Waals surface area contributed by atoms with Crippen molar-refractivity contribution in [2.75, 3.05) is 43.9 Å². The number of sulfone groups is 1. The Morgan fingerprint density at radius 3 is 2.24 bits per heavy atom. The lowest BCUT2D eigenvalue weighted by Gasteiger charge is -2.36. The number of benzene rings is 2. The minimum Gasteiger partial charge on any atom is -0.492 e. The minimum absolute atomic E-state index is 0.00288. The number of nitriles is 1. The Labute approximate surface area is 192 Å². The van der Waals surface area contributed by atoms with Crippen LogP contribution in [-0.4, -0.2) is 58.3 Å². The summed E-state index contributed by atoms with van der Waals surface area (Å²) in [6.07, 6.45) is 1.06. The van der Waals surface area contributed by atoms with E-state index in [-0.39, 0.29) is 59.6 Å². The monoisotopic (exact) mass is 477 g/mol. The van der Waals surface area contributed by atoms with Gasteiger partial charge in [0, 0.05) is 32.4 Å². The van der Waals surface area contributed by atoms with Gasteiger partial charge >= 0.3 is 0 Å². The summed E-state index contributed by atoms with van der Waals surface area (Å²) in [6.45, 7) is 4.93. The molecule has 3 rings (SSSR count). The van der Waals surface area contributed by atoms with Gasteiger partial charge < -0.3 is 14.5 Å². The normalized spacial score (nSPS) is 14.3. The first kappa shape index (κ1) is 24.5. The quantitative estimate of drug-likeness (QED) is 0.635. The Morgan fingerprint density at radius 2 is 1.73 bits per heavy atom. The predicted octanol–water partition coefficient (Wildman–Crippen LogP) is 3.24. The molecule has 0 saturated carbocycles. The number of amides is 1. The van der Waals surface area contributed by atoms with Gasteiger partial charge in [0.1, 0.15) is 11.4 Å². The molecule has 1 fully saturated rings. The first-order chi connectivity index (χ1) is 15.5. The van der Waals surface area contributed by atoms with Crippen molar-refractivity contribution in [3.63, 3.8) is 0 Å². The molecule has 1 aliphatic heterocycles. The van der Waals surface area contributed by atoms with Crippen molar-refractivity contribution < 1.29 is 26.7 Å². The van der Waals surface area contributed by atoms with Crippen LogP contribution in [0.5, 0.6) is 5.75 Å². The number of hydrogen-bond acceptors (Lipinski definition) is 6. The van der Waals surface area contributed by atoms with Crippen LogP contribution in [0, 0.1) is 28.9 Å². The molecule has 0 aromatic heterocycles. The summed E-state index contributed by atoms with van der Waals surface area (Å²) in [6, 6.07) is 7.84. The van der Waals surface area contributed by atoms with Gasteiger partial charge in [-0.3, -0.25) is 4.79 Å². The van der Waals surface area contributed by atoms with E-state index in [0.29, 0.717) is 6.61 Å². The molecule has 0 spiro atoms. The van der Waals surface area contributed by atoms with E-state index in [0.717, 1.165) is 18.4 Å². The van der Waals surface area contributed by atoms with Crippen LogP contribution >= 0.6 is 0 Å². The van der Waals surface area contributed by atoms with Gasteiger partial charge in [0.25, 0.3) is 5.91 Å². The molecule has 0 atom stereocenters. The Kier molecular flexibility index (Phi) is 7.22. The highest BCUT2D eigenvalue weighted by molar-refractivity contribution is 7.90. The highest BCUT2D eigenvalue weighted by Crippen LogP contribution is 2.28. The number of rotatable bonds is 6. The molecular formula is C23H25F2N3O4S. The summed E-state index contributed by atoms with van der Waals surface area (Å²) < 4.78 is 58.5. The second kappa shape index (κ2) is 9.75. The number of ether oxygens (including phenoxy) is 1. The lowest BCUT2D eigenvalue weighted by atomic mass is 10.1. The first-order valence-corrected chi connectivity index (χ1v) is 12.3. The molecule has 176 valence electrons. The van der Waals surface area contributed by atoms with E-state index in [2.05, 4.69) is 0 Å². The topological polar surface area (TPSA) is 90.7 Å². The van der Waals surface area contributed by atoms with Gasteiger partial charge in [0.2, 0.25) is 0 Å². The molecule has 1 saturated heterocycles. The maximum atomic E-state index is 14.4. The minimum atomic E-state index is -3.54. The van der Waals surface area contributed by atoms with Crippen molar-refractivity contribution in [3.8, 4) is 11.8 Å². The molecule has 7 nitrogen and oxygen atoms in total. The van der Waals surface area contributed by atoms with Crippen LogP contribution in [0.15, 0.2) is 35.2 Å². The van der Waals surface area contributed by atoms with Gasteiger partial charge in [-0.25, -0.2) is 17.2 Å². The van der Waals surface area contributed by atoms with Crippen molar-refractivity contribution in [1.82, 2.24) is 4.90 Å². The number of halogens is 2. The fraction of sp³-hybridized carbons (Fsp3) is 0.391. The lowest BCUT2D eigenvalue weighted by molar-refractivity contribution is 0.0741. The average molecular weight is 478 g/mol. The van der Waals surface area contributed by atoms with Crippen molar-refractivity contribution in [1.29, 1.82) is 5.26 Å². The summed E-state index contributed by atoms with van der Waals surface area (Å²) >= 11 is 0. The highest BCUT2D eigenvalue weighted by Gasteiger charge is 2.28. The zero-order chi connectivity index (χ0) is 24.3. The predicted molar refractivity (Wildman–Crippen MR) is 119 cm³/mol. The smallest absolute Gasteiger partial charge is 0.257 e. The van der Waals surface area contributed by atoms with Gasteiger partial charge in [0.15, 0.2) is 21.5 Å². The number of carbonyl (C=O) groups excluding carboxylic acids is 1. The molecule has 2 aromatic carbocycles. The van der Waals surface area contributed by atoms with Gasteiger partial charge in [-0.05, 0) is 36.2 Å². The van der Waals surface area contributed by atoms with Crippen LogP contribution in [0.25, 0.3) is 0 Å². The second-order valence-electron chi connectivity index (χ2n) is 8.31. The zero-order valence-corrected chi connectivity index (χ0v) is 19.5. The summed E-state index contributed by atoms with van der Waals surface area (Å²) in [4.78, 5) is 16.2. The summed E-state index contributed by atoms with van der Waals surface area (Å²) in [5, 5.41) is 8.86. The fourth-order valence-electron chi connectivity index (χ4n) is 3.52. The van der Waals surface area contributed by atoms with Gasteiger partial charge in [0.05, 0.1) is 28.7 Å². The van der Waals surface area contributed by atoms with Gasteiger partial charge in [-0.2, -0.15) is 5.26 Å². The summed E-state index contributed by atoms with van der Waals surface area (Å²) in [7, 11) is -3.54. The lowest BCUT2D eigenvalue weighted by Crippen LogP contribution is -2.49. The average Bonchev–Trinajstić information content (AvgIpc) is 2.76. The van der Waals surface area contributed by atoms with E-state index in [4.69, 9.17) is 10.00 Å². The van der Waals surface area contributed by atoms with E-state index < -0.39 is 27.4 Å². The Balaban J connectivity index is 1.82. The van der Waals surface area contributed by atoms with E-state index in [9.17, 15) is 22.0 Å². The third-order valence-corrected chi connectivity index (χ3v) is 6.32. The third-order valence-electron chi connectivity index (χ3n) is 5.21. The molecule has 1 heterocycles. The number of piperazine rings is 1. The zero-order valence-electron chi connectivity index (χ0n) is 18.6. The maximum absolute atomic E-state index is 14.4. The number of nitrogens with zero attached hydrogens (tertiary/aromatic N) is 3. The Bertz CT molecular complexity index is 1180. The number of anilines is 1. The van der Waals surface area contributed by atoms with Crippen LogP contribution in [-0.2, 0) is 9.84 Å². The molecule has 10 heteroatoms. The van der Waals surface area contributed by atoms with Crippen molar-refractivity contribution in [2.45, 2.75) is 18.7 Å². The van der Waals surface area contributed by atoms with Crippen LogP contribution in [0.4, 0.5) is 14.5 Å². The van der Waals surface area contributed by atoms with Crippen molar-refractivity contribution in [2.24, 2.45) is 5.92 Å². The SMILES string of the molecule is CC(C)COc1ccc(S(C)(=O)=O)cc1C(=O)N1CCN(c2c(F)cc(C#N)cc2F)CC1. The molecule has 0 unspecified atom stereocenters. The van der Waals surface area contributed by atoms with Crippen LogP contribution < -0.4 is 9.64 Å². The molecule has 1 aliphatic rings. The van der Waals surface area contributed by atoms with E-state index in [1.807, 2.05) is 13.8 Å². The van der Waals surface area contributed by atoms with Crippen LogP contribution in [0.3, 0.4) is 0 Å². The Morgan fingerprint density at radius 1 is 1.12 bits per heavy atom. The number of carbonyl (C=O) groups is 1. The standard InChI is InChI=1S/C23H25F2N3O4S/c1-15(2)14-32-21-5-4-17(33(3,30)31)12-18(21)23(29)28-8-6-27(7-9-28)22-19(24)10-16(13-26)11-20(22)25/h4-5,10-12,15H,6-9,14H2,1-3H3. The molecule has 0 radical (unpaired) electrons. The number of hydrogen-bond donors (Lipinski definition) is 0. The molecular weight excluding hydrogens is 452 g/mol. The van der Waals surface area contributed by atoms with Gasteiger partial charge in [-0.1, -0.05) is 13.8 Å².